The zero-order valence-corrected chi connectivity index (χ0v) is 17.3. The highest BCUT2D eigenvalue weighted by Gasteiger charge is 2.23. The summed E-state index contributed by atoms with van der Waals surface area (Å²) in [6, 6.07) is 3.72. The molecule has 1 heterocycles. The number of hydrogen-bond donors (Lipinski definition) is 2. The van der Waals surface area contributed by atoms with Crippen LogP contribution in [0.2, 0.25) is 5.02 Å². The van der Waals surface area contributed by atoms with E-state index in [9.17, 15) is 24.2 Å². The van der Waals surface area contributed by atoms with Gasteiger partial charge in [-0.3, -0.25) is 4.79 Å². The fourth-order valence-corrected chi connectivity index (χ4v) is 3.53. The number of ether oxygens (including phenoxy) is 1. The van der Waals surface area contributed by atoms with E-state index in [0.29, 0.717) is 0 Å². The summed E-state index contributed by atoms with van der Waals surface area (Å²) in [6.07, 6.45) is 0.422. The van der Waals surface area contributed by atoms with Gasteiger partial charge in [-0.25, -0.2) is 9.18 Å². The molecule has 0 amide bonds. The Morgan fingerprint density at radius 1 is 1.39 bits per heavy atom. The molecule has 164 valence electrons. The number of methoxy groups -OCH3 is 1. The summed E-state index contributed by atoms with van der Waals surface area (Å²) < 4.78 is 67.8. The van der Waals surface area contributed by atoms with Crippen molar-refractivity contribution in [1.82, 2.24) is 4.57 Å². The zero-order chi connectivity index (χ0) is 28.1. The van der Waals surface area contributed by atoms with Crippen molar-refractivity contribution in [2.75, 3.05) is 13.6 Å². The molecule has 1 aromatic heterocycles. The summed E-state index contributed by atoms with van der Waals surface area (Å²) >= 11 is 5.85. The van der Waals surface area contributed by atoms with Gasteiger partial charge in [0.1, 0.15) is 17.1 Å². The van der Waals surface area contributed by atoms with Crippen LogP contribution < -0.4 is 10.2 Å². The van der Waals surface area contributed by atoms with Crippen LogP contribution in [0.3, 0.4) is 0 Å². The van der Waals surface area contributed by atoms with Crippen LogP contribution in [0, 0.1) is 11.7 Å². The average Bonchev–Trinajstić information content (AvgIpc) is 2.75. The van der Waals surface area contributed by atoms with E-state index in [1.54, 1.807) is 0 Å². The van der Waals surface area contributed by atoms with Gasteiger partial charge in [0, 0.05) is 24.1 Å². The van der Waals surface area contributed by atoms with E-state index in [1.165, 1.54) is 32.0 Å². The number of carbonyl (C=O) groups is 1. The molecular formula is C23H23ClFNO5. The molecule has 0 bridgehead atoms. The SMILES string of the molecule is [2H]C([2H])([2H])Oc1cc2c(cc1Cc1cccc(Cl)c1F)c(=O)c(C(=O)O)cn2[C@@]([2H])(C(C)C)C([2H])([2H])O. The van der Waals surface area contributed by atoms with Crippen molar-refractivity contribution in [2.45, 2.75) is 26.3 Å². The third-order valence-electron chi connectivity index (χ3n) is 4.86. The highest BCUT2D eigenvalue weighted by atomic mass is 35.5. The van der Waals surface area contributed by atoms with Crippen LogP contribution >= 0.6 is 11.6 Å². The highest BCUT2D eigenvalue weighted by molar-refractivity contribution is 6.30. The summed E-state index contributed by atoms with van der Waals surface area (Å²) in [5, 5.41) is 19.4. The Labute approximate surface area is 191 Å². The van der Waals surface area contributed by atoms with E-state index >= 15 is 0 Å². The van der Waals surface area contributed by atoms with Gasteiger partial charge in [0.25, 0.3) is 0 Å². The third kappa shape index (κ3) is 4.29. The largest absolute Gasteiger partial charge is 0.496 e. The first-order valence-corrected chi connectivity index (χ1v) is 9.56. The smallest absolute Gasteiger partial charge is 0.341 e. The molecule has 3 aromatic rings. The lowest BCUT2D eigenvalue weighted by Crippen LogP contribution is -2.25. The van der Waals surface area contributed by atoms with E-state index in [4.69, 9.17) is 24.6 Å². The molecular weight excluding hydrogens is 425 g/mol. The minimum atomic E-state index is -3.24. The molecule has 0 spiro atoms. The minimum Gasteiger partial charge on any atom is -0.496 e. The van der Waals surface area contributed by atoms with Crippen molar-refractivity contribution in [2.24, 2.45) is 5.92 Å². The van der Waals surface area contributed by atoms with Gasteiger partial charge >= 0.3 is 5.97 Å². The van der Waals surface area contributed by atoms with Crippen molar-refractivity contribution in [3.8, 4) is 5.75 Å². The summed E-state index contributed by atoms with van der Waals surface area (Å²) in [7, 11) is -3.00. The molecule has 0 aliphatic rings. The molecule has 0 saturated heterocycles. The van der Waals surface area contributed by atoms with Crippen LogP contribution in [0.4, 0.5) is 4.39 Å². The van der Waals surface area contributed by atoms with Gasteiger partial charge in [0.2, 0.25) is 5.43 Å². The summed E-state index contributed by atoms with van der Waals surface area (Å²) in [4.78, 5) is 25.0. The Kier molecular flexibility index (Phi) is 4.64. The van der Waals surface area contributed by atoms with Crippen LogP contribution in [0.5, 0.6) is 5.75 Å². The number of pyridine rings is 1. The molecule has 0 radical (unpaired) electrons. The molecule has 2 N–H and O–H groups in total. The number of aliphatic hydroxyl groups is 1. The molecule has 1 atom stereocenters. The van der Waals surface area contributed by atoms with Gasteiger partial charge in [-0.05, 0) is 29.2 Å². The second-order valence-corrected chi connectivity index (χ2v) is 7.57. The lowest BCUT2D eigenvalue weighted by Gasteiger charge is -2.25. The first-order valence-electron chi connectivity index (χ1n) is 12.2. The maximum absolute atomic E-state index is 14.6. The van der Waals surface area contributed by atoms with Gasteiger partial charge in [-0.1, -0.05) is 37.6 Å². The zero-order valence-electron chi connectivity index (χ0n) is 22.6. The highest BCUT2D eigenvalue weighted by Crippen LogP contribution is 2.31. The van der Waals surface area contributed by atoms with Gasteiger partial charge in [0.05, 0.1) is 38.4 Å². The maximum atomic E-state index is 14.6. The van der Waals surface area contributed by atoms with Gasteiger partial charge < -0.3 is 19.5 Å². The van der Waals surface area contributed by atoms with Crippen molar-refractivity contribution in [3.63, 3.8) is 0 Å². The third-order valence-corrected chi connectivity index (χ3v) is 5.15. The minimum absolute atomic E-state index is 0.0110. The van der Waals surface area contributed by atoms with E-state index < -0.39 is 48.3 Å². The summed E-state index contributed by atoms with van der Waals surface area (Å²) in [6.45, 7) is -0.435. The molecule has 3 rings (SSSR count). The molecule has 31 heavy (non-hydrogen) atoms. The predicted molar refractivity (Wildman–Crippen MR) is 117 cm³/mol. The Hall–Kier alpha value is -2.90. The van der Waals surface area contributed by atoms with Crippen LogP contribution in [0.15, 0.2) is 41.3 Å². The quantitative estimate of drug-likeness (QED) is 0.557. The fourth-order valence-electron chi connectivity index (χ4n) is 3.33. The molecule has 0 saturated carbocycles. The molecule has 0 aliphatic heterocycles. The van der Waals surface area contributed by atoms with E-state index in [1.807, 2.05) is 0 Å². The monoisotopic (exact) mass is 453 g/mol. The van der Waals surface area contributed by atoms with Crippen LogP contribution in [0.25, 0.3) is 10.9 Å². The number of carboxylic acids is 1. The van der Waals surface area contributed by atoms with Crippen molar-refractivity contribution in [1.29, 1.82) is 0 Å². The average molecular weight is 454 g/mol. The van der Waals surface area contributed by atoms with Gasteiger partial charge in [-0.2, -0.15) is 0 Å². The molecule has 0 fully saturated rings. The molecule has 0 aliphatic carbocycles. The molecule has 8 heteroatoms. The standard InChI is InChI=1S/C23H23ClFNO5/c1-12(2)19(11-27)26-10-16(23(29)30)22(28)15-8-14(20(31-3)9-18(15)26)7-13-5-4-6-17(24)21(13)25/h4-6,8-10,12,19,27H,7,11H2,1-3H3,(H,29,30)/t19-/m1/s1/i3D3,11D2,19D. The topological polar surface area (TPSA) is 88.8 Å². The number of rotatable bonds is 7. The predicted octanol–water partition coefficient (Wildman–Crippen LogP) is 4.28. The molecule has 6 nitrogen and oxygen atoms in total. The Bertz CT molecular complexity index is 1440. The van der Waals surface area contributed by atoms with Crippen LogP contribution in [-0.2, 0) is 6.42 Å². The van der Waals surface area contributed by atoms with Crippen molar-refractivity contribution < 1.29 is 32.4 Å². The van der Waals surface area contributed by atoms with Crippen molar-refractivity contribution in [3.05, 3.63) is 74.3 Å². The number of halogens is 2. The number of carboxylic acid groups (broad SMARTS) is 1. The number of aromatic nitrogens is 1. The van der Waals surface area contributed by atoms with Crippen LogP contribution in [-0.4, -0.2) is 34.3 Å². The second kappa shape index (κ2) is 9.08. The number of hydrogen-bond acceptors (Lipinski definition) is 4. The Morgan fingerprint density at radius 3 is 2.74 bits per heavy atom. The van der Waals surface area contributed by atoms with E-state index in [-0.39, 0.29) is 39.2 Å². The molecule has 0 unspecified atom stereocenters. The number of aromatic carboxylic acids is 1. The van der Waals surface area contributed by atoms with Gasteiger partial charge in [-0.15, -0.1) is 0 Å². The maximum Gasteiger partial charge on any atom is 0.341 e. The van der Waals surface area contributed by atoms with Gasteiger partial charge in [0.15, 0.2) is 0 Å². The Morgan fingerprint density at radius 2 is 2.13 bits per heavy atom. The normalized spacial score (nSPS) is 17.1. The van der Waals surface area contributed by atoms with Crippen molar-refractivity contribution >= 4 is 28.5 Å². The number of benzene rings is 2. The lowest BCUT2D eigenvalue weighted by atomic mass is 9.98. The summed E-state index contributed by atoms with van der Waals surface area (Å²) in [5.41, 5.74) is -2.09. The van der Waals surface area contributed by atoms with E-state index in [0.717, 1.165) is 22.9 Å². The Balaban J connectivity index is 2.49. The van der Waals surface area contributed by atoms with Crippen LogP contribution in [0.1, 0.15) is 49.6 Å². The molecule has 2 aromatic carbocycles. The number of fused-ring (bicyclic) bond motifs is 1. The number of nitrogens with zero attached hydrogens (tertiary/aromatic N) is 1. The second-order valence-electron chi connectivity index (χ2n) is 7.17. The summed E-state index contributed by atoms with van der Waals surface area (Å²) in [5.74, 6) is -3.80. The fraction of sp³-hybridized carbons (Fsp3) is 0.304. The lowest BCUT2D eigenvalue weighted by molar-refractivity contribution is 0.0694. The first kappa shape index (κ1) is 15.8. The first-order chi connectivity index (χ1) is 16.9. The van der Waals surface area contributed by atoms with E-state index in [2.05, 4.69) is 0 Å².